The van der Waals surface area contributed by atoms with Crippen LogP contribution in [0, 0.1) is 11.3 Å². The Labute approximate surface area is 128 Å². The maximum Gasteiger partial charge on any atom is 0.0992 e. The average molecular weight is 293 g/mol. The molecule has 1 aliphatic rings. The Morgan fingerprint density at radius 2 is 2.00 bits per heavy atom. The van der Waals surface area contributed by atoms with Crippen molar-refractivity contribution in [3.63, 3.8) is 0 Å². The molecule has 104 valence electrons. The highest BCUT2D eigenvalue weighted by atomic mass is 32.2. The van der Waals surface area contributed by atoms with E-state index < -0.39 is 0 Å². The standard InChI is InChI=1S/C17H15N3S/c18-10-15-7-4-8-16(9-15)19-17-12-20(13-21-17)11-14-5-2-1-3-6-14/h1-9,12,19H,11,13H2. The summed E-state index contributed by atoms with van der Waals surface area (Å²) in [5.74, 6) is 0.940. The molecule has 0 spiro atoms. The van der Waals surface area contributed by atoms with Gasteiger partial charge in [0.1, 0.15) is 0 Å². The third kappa shape index (κ3) is 3.59. The number of hydrogen-bond donors (Lipinski definition) is 1. The first-order valence-electron chi connectivity index (χ1n) is 6.73. The van der Waals surface area contributed by atoms with Crippen molar-refractivity contribution in [2.24, 2.45) is 0 Å². The minimum absolute atomic E-state index is 0.671. The average Bonchev–Trinajstić information content (AvgIpc) is 2.95. The van der Waals surface area contributed by atoms with Crippen molar-refractivity contribution < 1.29 is 0 Å². The molecule has 0 aliphatic carbocycles. The topological polar surface area (TPSA) is 39.1 Å². The summed E-state index contributed by atoms with van der Waals surface area (Å²) in [4.78, 5) is 2.27. The number of hydrogen-bond acceptors (Lipinski definition) is 4. The van der Waals surface area contributed by atoms with Crippen molar-refractivity contribution in [2.45, 2.75) is 6.54 Å². The van der Waals surface area contributed by atoms with Gasteiger partial charge in [0, 0.05) is 18.4 Å². The Morgan fingerprint density at radius 1 is 1.14 bits per heavy atom. The first-order valence-corrected chi connectivity index (χ1v) is 7.72. The van der Waals surface area contributed by atoms with Gasteiger partial charge >= 0.3 is 0 Å². The van der Waals surface area contributed by atoms with Gasteiger partial charge in [-0.25, -0.2) is 0 Å². The number of rotatable bonds is 4. The lowest BCUT2D eigenvalue weighted by Gasteiger charge is -2.13. The minimum Gasteiger partial charge on any atom is -0.361 e. The van der Waals surface area contributed by atoms with Gasteiger partial charge in [0.05, 0.1) is 22.5 Å². The van der Waals surface area contributed by atoms with Crippen LogP contribution in [0.5, 0.6) is 0 Å². The normalized spacial score (nSPS) is 13.7. The summed E-state index contributed by atoms with van der Waals surface area (Å²) in [5.41, 5.74) is 2.93. The van der Waals surface area contributed by atoms with E-state index in [0.29, 0.717) is 5.56 Å². The molecule has 0 saturated carbocycles. The summed E-state index contributed by atoms with van der Waals surface area (Å²) in [7, 11) is 0. The Balaban J connectivity index is 1.65. The molecule has 1 aliphatic heterocycles. The van der Waals surface area contributed by atoms with Gasteiger partial charge in [0.15, 0.2) is 0 Å². The molecule has 0 fully saturated rings. The van der Waals surface area contributed by atoms with Crippen molar-refractivity contribution >= 4 is 17.4 Å². The zero-order valence-electron chi connectivity index (χ0n) is 11.5. The van der Waals surface area contributed by atoms with Gasteiger partial charge in [-0.05, 0) is 23.8 Å². The largest absolute Gasteiger partial charge is 0.361 e. The number of nitrogens with one attached hydrogen (secondary N) is 1. The highest BCUT2D eigenvalue weighted by Crippen LogP contribution is 2.28. The van der Waals surface area contributed by atoms with Crippen molar-refractivity contribution in [3.05, 3.63) is 77.0 Å². The van der Waals surface area contributed by atoms with E-state index in [1.165, 1.54) is 5.56 Å². The fraction of sp³-hybridized carbons (Fsp3) is 0.118. The molecule has 2 aromatic carbocycles. The van der Waals surface area contributed by atoms with E-state index in [4.69, 9.17) is 5.26 Å². The third-order valence-corrected chi connectivity index (χ3v) is 4.15. The van der Waals surface area contributed by atoms with Crippen LogP contribution in [-0.4, -0.2) is 10.8 Å². The molecule has 0 radical (unpaired) electrons. The van der Waals surface area contributed by atoms with Crippen LogP contribution in [0.4, 0.5) is 5.69 Å². The summed E-state index contributed by atoms with van der Waals surface area (Å²) in [6, 6.07) is 20.1. The number of thioether (sulfide) groups is 1. The lowest BCUT2D eigenvalue weighted by molar-refractivity contribution is 0.440. The first kappa shape index (κ1) is 13.6. The second kappa shape index (κ2) is 6.38. The molecule has 0 atom stereocenters. The van der Waals surface area contributed by atoms with Crippen LogP contribution in [-0.2, 0) is 6.54 Å². The molecule has 0 amide bonds. The number of nitrogens with zero attached hydrogens (tertiary/aromatic N) is 2. The van der Waals surface area contributed by atoms with Crippen LogP contribution in [0.3, 0.4) is 0 Å². The van der Waals surface area contributed by atoms with E-state index >= 15 is 0 Å². The monoisotopic (exact) mass is 293 g/mol. The fourth-order valence-corrected chi connectivity index (χ4v) is 3.06. The Hall–Kier alpha value is -2.38. The summed E-state index contributed by atoms with van der Waals surface area (Å²) in [6.07, 6.45) is 2.14. The lowest BCUT2D eigenvalue weighted by Crippen LogP contribution is -2.12. The van der Waals surface area contributed by atoms with E-state index in [2.05, 4.69) is 46.8 Å². The molecule has 0 aromatic heterocycles. The zero-order valence-corrected chi connectivity index (χ0v) is 12.3. The van der Waals surface area contributed by atoms with Crippen LogP contribution in [0.25, 0.3) is 0 Å². The van der Waals surface area contributed by atoms with Crippen LogP contribution in [0.2, 0.25) is 0 Å². The van der Waals surface area contributed by atoms with Gasteiger partial charge < -0.3 is 10.2 Å². The molecule has 0 unspecified atom stereocenters. The number of nitriles is 1. The summed E-state index contributed by atoms with van der Waals surface area (Å²) in [5, 5.41) is 13.4. The molecule has 0 saturated heterocycles. The van der Waals surface area contributed by atoms with E-state index in [-0.39, 0.29) is 0 Å². The van der Waals surface area contributed by atoms with Gasteiger partial charge in [0.25, 0.3) is 0 Å². The van der Waals surface area contributed by atoms with Crippen molar-refractivity contribution in [2.75, 3.05) is 11.2 Å². The van der Waals surface area contributed by atoms with Crippen LogP contribution in [0.15, 0.2) is 65.8 Å². The third-order valence-electron chi connectivity index (χ3n) is 3.17. The maximum absolute atomic E-state index is 8.92. The van der Waals surface area contributed by atoms with Gasteiger partial charge in [-0.15, -0.1) is 0 Å². The van der Waals surface area contributed by atoms with Crippen LogP contribution in [0.1, 0.15) is 11.1 Å². The van der Waals surface area contributed by atoms with E-state index in [9.17, 15) is 0 Å². The summed E-state index contributed by atoms with van der Waals surface area (Å²) in [6.45, 7) is 0.914. The van der Waals surface area contributed by atoms with Gasteiger partial charge in [-0.1, -0.05) is 48.2 Å². The van der Waals surface area contributed by atoms with Crippen LogP contribution < -0.4 is 5.32 Å². The number of benzene rings is 2. The highest BCUT2D eigenvalue weighted by molar-refractivity contribution is 8.03. The summed E-state index contributed by atoms with van der Waals surface area (Å²) >= 11 is 1.77. The molecule has 1 N–H and O–H groups in total. The lowest BCUT2D eigenvalue weighted by atomic mass is 10.2. The molecular formula is C17H15N3S. The van der Waals surface area contributed by atoms with E-state index in [0.717, 1.165) is 23.1 Å². The smallest absolute Gasteiger partial charge is 0.0992 e. The SMILES string of the molecule is N#Cc1cccc(NC2=CN(Cc3ccccc3)CS2)c1. The molecule has 4 heteroatoms. The summed E-state index contributed by atoms with van der Waals surface area (Å²) < 4.78 is 0. The van der Waals surface area contributed by atoms with Crippen LogP contribution >= 0.6 is 11.8 Å². The molecular weight excluding hydrogens is 278 g/mol. The zero-order chi connectivity index (χ0) is 14.5. The molecule has 1 heterocycles. The van der Waals surface area contributed by atoms with Crippen molar-refractivity contribution in [3.8, 4) is 6.07 Å². The highest BCUT2D eigenvalue weighted by Gasteiger charge is 2.13. The second-order valence-corrected chi connectivity index (χ2v) is 5.80. The van der Waals surface area contributed by atoms with Gasteiger partial charge in [-0.3, -0.25) is 0 Å². The molecule has 0 bridgehead atoms. The minimum atomic E-state index is 0.671. The van der Waals surface area contributed by atoms with Crippen molar-refractivity contribution in [1.29, 1.82) is 5.26 Å². The molecule has 3 rings (SSSR count). The second-order valence-electron chi connectivity index (χ2n) is 4.82. The maximum atomic E-state index is 8.92. The van der Waals surface area contributed by atoms with E-state index in [1.807, 2.05) is 30.3 Å². The van der Waals surface area contributed by atoms with E-state index in [1.54, 1.807) is 11.8 Å². The molecule has 2 aromatic rings. The fourth-order valence-electron chi connectivity index (χ4n) is 2.18. The predicted molar refractivity (Wildman–Crippen MR) is 87.3 cm³/mol. The Kier molecular flexibility index (Phi) is 4.13. The van der Waals surface area contributed by atoms with Gasteiger partial charge in [0.2, 0.25) is 0 Å². The Morgan fingerprint density at radius 3 is 2.81 bits per heavy atom. The quantitative estimate of drug-likeness (QED) is 0.925. The molecule has 3 nitrogen and oxygen atoms in total. The van der Waals surface area contributed by atoms with Gasteiger partial charge in [-0.2, -0.15) is 5.26 Å². The first-order chi connectivity index (χ1) is 10.3. The Bertz CT molecular complexity index is 689. The molecule has 21 heavy (non-hydrogen) atoms. The predicted octanol–water partition coefficient (Wildman–Crippen LogP) is 3.98. The van der Waals surface area contributed by atoms with Crippen molar-refractivity contribution in [1.82, 2.24) is 4.90 Å². The number of anilines is 1.